The van der Waals surface area contributed by atoms with Gasteiger partial charge >= 0.3 is 0 Å². The quantitative estimate of drug-likeness (QED) is 0.767. The Bertz CT molecular complexity index is 614. The summed E-state index contributed by atoms with van der Waals surface area (Å²) in [5.74, 6) is 0.287. The molecule has 0 fully saturated rings. The minimum Gasteiger partial charge on any atom is -0.371 e. The average Bonchev–Trinajstić information content (AvgIpc) is 3.02. The second-order valence-corrected chi connectivity index (χ2v) is 5.80. The van der Waals surface area contributed by atoms with E-state index in [1.54, 1.807) is 6.20 Å². The van der Waals surface area contributed by atoms with Crippen molar-refractivity contribution in [2.24, 2.45) is 0 Å². The molecule has 2 aromatic carbocycles. The SMILES string of the molecule is CC(Nc1cnns1)C(c1ccccc1)c1ccccc1. The second-order valence-electron chi connectivity index (χ2n) is 5.01. The normalized spacial score (nSPS) is 12.3. The van der Waals surface area contributed by atoms with Gasteiger partial charge in [-0.1, -0.05) is 65.2 Å². The third-order valence-electron chi connectivity index (χ3n) is 3.55. The number of hydrogen-bond donors (Lipinski definition) is 1. The molecule has 106 valence electrons. The van der Waals surface area contributed by atoms with Gasteiger partial charge in [-0.2, -0.15) is 0 Å². The summed E-state index contributed by atoms with van der Waals surface area (Å²) in [6.07, 6.45) is 1.77. The number of benzene rings is 2. The van der Waals surface area contributed by atoms with E-state index in [0.717, 1.165) is 5.00 Å². The highest BCUT2D eigenvalue weighted by Gasteiger charge is 2.21. The monoisotopic (exact) mass is 295 g/mol. The molecule has 3 aromatic rings. The lowest BCUT2D eigenvalue weighted by molar-refractivity contribution is 0.687. The summed E-state index contributed by atoms with van der Waals surface area (Å²) in [5, 5.41) is 8.40. The molecule has 0 aliphatic heterocycles. The van der Waals surface area contributed by atoms with Gasteiger partial charge < -0.3 is 5.32 Å². The molecule has 3 rings (SSSR count). The van der Waals surface area contributed by atoms with Gasteiger partial charge in [0.1, 0.15) is 5.00 Å². The van der Waals surface area contributed by atoms with Crippen molar-refractivity contribution in [1.82, 2.24) is 9.59 Å². The minimum absolute atomic E-state index is 0.247. The number of anilines is 1. The van der Waals surface area contributed by atoms with Gasteiger partial charge in [0.25, 0.3) is 0 Å². The van der Waals surface area contributed by atoms with Crippen LogP contribution in [0.2, 0.25) is 0 Å². The summed E-state index contributed by atoms with van der Waals surface area (Å²) in [4.78, 5) is 0. The number of rotatable bonds is 5. The zero-order valence-corrected chi connectivity index (χ0v) is 12.6. The molecule has 1 N–H and O–H groups in total. The molecule has 1 heterocycles. The van der Waals surface area contributed by atoms with Gasteiger partial charge in [-0.25, -0.2) is 0 Å². The highest BCUT2D eigenvalue weighted by molar-refractivity contribution is 7.09. The predicted octanol–water partition coefficient (Wildman–Crippen LogP) is 4.17. The zero-order valence-electron chi connectivity index (χ0n) is 11.8. The first-order valence-corrected chi connectivity index (χ1v) is 7.76. The first-order valence-electron chi connectivity index (χ1n) is 6.98. The molecule has 0 aliphatic carbocycles. The zero-order chi connectivity index (χ0) is 14.5. The van der Waals surface area contributed by atoms with E-state index >= 15 is 0 Å². The van der Waals surface area contributed by atoms with Crippen LogP contribution in [0, 0.1) is 0 Å². The van der Waals surface area contributed by atoms with Crippen molar-refractivity contribution in [3.63, 3.8) is 0 Å². The fraction of sp³-hybridized carbons (Fsp3) is 0.176. The molecular weight excluding hydrogens is 278 g/mol. The Balaban J connectivity index is 1.92. The maximum Gasteiger partial charge on any atom is 0.130 e. The highest BCUT2D eigenvalue weighted by atomic mass is 32.1. The lowest BCUT2D eigenvalue weighted by Crippen LogP contribution is -2.24. The standard InChI is InChI=1S/C17H17N3S/c1-13(19-16-12-18-20-21-16)17(14-8-4-2-5-9-14)15-10-6-3-7-11-15/h2-13,17,19H,1H3. The summed E-state index contributed by atoms with van der Waals surface area (Å²) in [5.41, 5.74) is 2.61. The Morgan fingerprint density at radius 2 is 1.48 bits per heavy atom. The van der Waals surface area contributed by atoms with Gasteiger partial charge in [-0.15, -0.1) is 5.10 Å². The predicted molar refractivity (Wildman–Crippen MR) is 87.7 cm³/mol. The summed E-state index contributed by atoms with van der Waals surface area (Å²) in [6, 6.07) is 21.4. The van der Waals surface area contributed by atoms with Crippen molar-refractivity contribution < 1.29 is 0 Å². The van der Waals surface area contributed by atoms with Crippen LogP contribution in [0.5, 0.6) is 0 Å². The lowest BCUT2D eigenvalue weighted by atomic mass is 9.86. The molecule has 0 saturated carbocycles. The van der Waals surface area contributed by atoms with Crippen molar-refractivity contribution in [3.8, 4) is 0 Å². The smallest absolute Gasteiger partial charge is 0.130 e. The van der Waals surface area contributed by atoms with E-state index in [1.165, 1.54) is 22.7 Å². The Morgan fingerprint density at radius 3 is 1.95 bits per heavy atom. The van der Waals surface area contributed by atoms with Crippen molar-refractivity contribution >= 4 is 16.5 Å². The first kappa shape index (κ1) is 13.8. The summed E-state index contributed by atoms with van der Waals surface area (Å²) >= 11 is 1.39. The third kappa shape index (κ3) is 3.28. The molecule has 0 aliphatic rings. The lowest BCUT2D eigenvalue weighted by Gasteiger charge is -2.26. The minimum atomic E-state index is 0.247. The van der Waals surface area contributed by atoms with Crippen molar-refractivity contribution in [3.05, 3.63) is 78.0 Å². The number of aromatic nitrogens is 2. The largest absolute Gasteiger partial charge is 0.371 e. The molecule has 1 aromatic heterocycles. The molecule has 0 radical (unpaired) electrons. The second kappa shape index (κ2) is 6.50. The summed E-state index contributed by atoms with van der Waals surface area (Å²) in [7, 11) is 0. The fourth-order valence-electron chi connectivity index (χ4n) is 2.63. The third-order valence-corrected chi connectivity index (χ3v) is 4.14. The molecular formula is C17H17N3S. The molecule has 21 heavy (non-hydrogen) atoms. The van der Waals surface area contributed by atoms with Gasteiger partial charge in [-0.3, -0.25) is 0 Å². The van der Waals surface area contributed by atoms with Gasteiger partial charge in [0.05, 0.1) is 6.20 Å². The van der Waals surface area contributed by atoms with Crippen LogP contribution < -0.4 is 5.32 Å². The van der Waals surface area contributed by atoms with E-state index < -0.39 is 0 Å². The maximum absolute atomic E-state index is 3.91. The first-order chi connectivity index (χ1) is 10.3. The molecule has 4 heteroatoms. The Morgan fingerprint density at radius 1 is 0.905 bits per heavy atom. The highest BCUT2D eigenvalue weighted by Crippen LogP contribution is 2.30. The fourth-order valence-corrected chi connectivity index (χ4v) is 3.14. The van der Waals surface area contributed by atoms with E-state index in [0.29, 0.717) is 0 Å². The van der Waals surface area contributed by atoms with Crippen molar-refractivity contribution in [2.75, 3.05) is 5.32 Å². The maximum atomic E-state index is 3.91. The molecule has 0 saturated heterocycles. The van der Waals surface area contributed by atoms with Gasteiger partial charge in [-0.05, 0) is 18.1 Å². The van der Waals surface area contributed by atoms with Crippen LogP contribution in [0.15, 0.2) is 66.9 Å². The van der Waals surface area contributed by atoms with Gasteiger partial charge in [0.15, 0.2) is 0 Å². The van der Waals surface area contributed by atoms with Gasteiger partial charge in [0.2, 0.25) is 0 Å². The van der Waals surface area contributed by atoms with Crippen molar-refractivity contribution in [1.29, 1.82) is 0 Å². The molecule has 3 nitrogen and oxygen atoms in total. The number of nitrogens with zero attached hydrogens (tertiary/aromatic N) is 2. The summed E-state index contributed by atoms with van der Waals surface area (Å²) < 4.78 is 3.91. The van der Waals surface area contributed by atoms with Crippen LogP contribution in [0.25, 0.3) is 0 Å². The van der Waals surface area contributed by atoms with E-state index in [1.807, 2.05) is 0 Å². The average molecular weight is 295 g/mol. The van der Waals surface area contributed by atoms with E-state index in [2.05, 4.69) is 82.5 Å². The Hall–Kier alpha value is -2.20. The van der Waals surface area contributed by atoms with Crippen LogP contribution in [-0.4, -0.2) is 15.6 Å². The van der Waals surface area contributed by atoms with Crippen LogP contribution in [-0.2, 0) is 0 Å². The molecule has 1 unspecified atom stereocenters. The Kier molecular flexibility index (Phi) is 4.26. The van der Waals surface area contributed by atoms with Crippen LogP contribution >= 0.6 is 11.5 Å². The molecule has 0 bridgehead atoms. The molecule has 0 amide bonds. The summed E-state index contributed by atoms with van der Waals surface area (Å²) in [6.45, 7) is 2.20. The Labute approximate surface area is 128 Å². The van der Waals surface area contributed by atoms with E-state index in [9.17, 15) is 0 Å². The van der Waals surface area contributed by atoms with Gasteiger partial charge in [0, 0.05) is 23.5 Å². The van der Waals surface area contributed by atoms with Crippen LogP contribution in [0.3, 0.4) is 0 Å². The van der Waals surface area contributed by atoms with E-state index in [-0.39, 0.29) is 12.0 Å². The number of nitrogens with one attached hydrogen (secondary N) is 1. The van der Waals surface area contributed by atoms with Crippen LogP contribution in [0.4, 0.5) is 5.00 Å². The molecule has 1 atom stereocenters. The topological polar surface area (TPSA) is 37.8 Å². The number of hydrogen-bond acceptors (Lipinski definition) is 4. The van der Waals surface area contributed by atoms with E-state index in [4.69, 9.17) is 0 Å². The van der Waals surface area contributed by atoms with Crippen molar-refractivity contribution in [2.45, 2.75) is 18.9 Å². The molecule has 0 spiro atoms. The van der Waals surface area contributed by atoms with Crippen LogP contribution in [0.1, 0.15) is 24.0 Å².